The molecule has 1 atom stereocenters. The standard InChI is InChI=1S/C8H8F10O3S.K/c9-4(2-1-3-5(10,11)12)6(13,14)7(15,16)8(17,18)22(19,20)21;/h4H,1-3H2,(H,19,20,21);/q;+1/p-1. The molecule has 0 aliphatic heterocycles. The molecule has 134 valence electrons. The van der Waals surface area contributed by atoms with Crippen molar-refractivity contribution in [2.24, 2.45) is 0 Å². The predicted octanol–water partition coefficient (Wildman–Crippen LogP) is 0.470. The zero-order valence-electron chi connectivity index (χ0n) is 11.1. The molecule has 0 radical (unpaired) electrons. The van der Waals surface area contributed by atoms with Gasteiger partial charge >= 0.3 is 74.7 Å². The number of hydrogen-bond donors (Lipinski definition) is 0. The van der Waals surface area contributed by atoms with Gasteiger partial charge in [0.25, 0.3) is 0 Å². The quantitative estimate of drug-likeness (QED) is 0.347. The van der Waals surface area contributed by atoms with Crippen LogP contribution >= 0.6 is 0 Å². The first-order valence-electron chi connectivity index (χ1n) is 5.17. The smallest absolute Gasteiger partial charge is 0.743 e. The number of hydrogen-bond acceptors (Lipinski definition) is 3. The van der Waals surface area contributed by atoms with Gasteiger partial charge in [-0.1, -0.05) is 0 Å². The van der Waals surface area contributed by atoms with E-state index in [1.807, 2.05) is 0 Å². The molecule has 0 amide bonds. The van der Waals surface area contributed by atoms with Gasteiger partial charge in [-0.15, -0.1) is 0 Å². The summed E-state index contributed by atoms with van der Waals surface area (Å²) in [5.41, 5.74) is 0. The molecule has 0 aromatic heterocycles. The topological polar surface area (TPSA) is 57.2 Å². The largest absolute Gasteiger partial charge is 1.00 e. The van der Waals surface area contributed by atoms with Gasteiger partial charge in [-0.05, 0) is 12.8 Å². The Bertz CT molecular complexity index is 489. The van der Waals surface area contributed by atoms with Gasteiger partial charge < -0.3 is 4.55 Å². The van der Waals surface area contributed by atoms with Crippen molar-refractivity contribution in [2.45, 2.75) is 48.7 Å². The van der Waals surface area contributed by atoms with Crippen LogP contribution in [0.4, 0.5) is 43.9 Å². The van der Waals surface area contributed by atoms with Crippen molar-refractivity contribution in [3.05, 3.63) is 0 Å². The first-order chi connectivity index (χ1) is 9.38. The van der Waals surface area contributed by atoms with Gasteiger partial charge in [0.1, 0.15) is 0 Å². The summed E-state index contributed by atoms with van der Waals surface area (Å²) in [5.74, 6) is -13.3. The van der Waals surface area contributed by atoms with Gasteiger partial charge in [0, 0.05) is 6.42 Å². The second kappa shape index (κ2) is 8.03. The molecule has 0 saturated heterocycles. The van der Waals surface area contributed by atoms with Crippen LogP contribution in [0, 0.1) is 0 Å². The predicted molar refractivity (Wildman–Crippen MR) is 49.3 cm³/mol. The minimum atomic E-state index is -7.28. The minimum absolute atomic E-state index is 0. The molecule has 0 aliphatic carbocycles. The molecular formula is C8H7F10KO3S. The third kappa shape index (κ3) is 5.95. The molecule has 0 N–H and O–H groups in total. The van der Waals surface area contributed by atoms with Crippen molar-refractivity contribution >= 4 is 10.1 Å². The van der Waals surface area contributed by atoms with E-state index in [4.69, 9.17) is 0 Å². The van der Waals surface area contributed by atoms with E-state index in [0.717, 1.165) is 0 Å². The van der Waals surface area contributed by atoms with Crippen LogP contribution in [-0.2, 0) is 10.1 Å². The summed E-state index contributed by atoms with van der Waals surface area (Å²) in [4.78, 5) is 0. The average molecular weight is 412 g/mol. The third-order valence-corrected chi connectivity index (χ3v) is 3.29. The Balaban J connectivity index is 0. The van der Waals surface area contributed by atoms with Gasteiger partial charge in [-0.2, -0.15) is 39.5 Å². The van der Waals surface area contributed by atoms with Crippen LogP contribution in [0.25, 0.3) is 0 Å². The molecule has 0 bridgehead atoms. The van der Waals surface area contributed by atoms with Crippen LogP contribution < -0.4 is 51.4 Å². The van der Waals surface area contributed by atoms with Gasteiger partial charge in [0.05, 0.1) is 0 Å². The van der Waals surface area contributed by atoms with Crippen molar-refractivity contribution in [3.63, 3.8) is 0 Å². The van der Waals surface area contributed by atoms with Crippen molar-refractivity contribution in [1.82, 2.24) is 0 Å². The molecule has 1 unspecified atom stereocenters. The Morgan fingerprint density at radius 2 is 1.30 bits per heavy atom. The maximum atomic E-state index is 13.0. The summed E-state index contributed by atoms with van der Waals surface area (Å²) in [6, 6.07) is 0. The first kappa shape index (κ1) is 26.1. The van der Waals surface area contributed by atoms with Crippen molar-refractivity contribution in [3.8, 4) is 0 Å². The van der Waals surface area contributed by atoms with E-state index >= 15 is 0 Å². The van der Waals surface area contributed by atoms with E-state index in [9.17, 15) is 56.9 Å². The average Bonchev–Trinajstić information content (AvgIpc) is 2.24. The zero-order chi connectivity index (χ0) is 18.2. The molecule has 0 spiro atoms. The summed E-state index contributed by atoms with van der Waals surface area (Å²) in [5, 5.41) is -6.85. The van der Waals surface area contributed by atoms with Gasteiger partial charge in [0.15, 0.2) is 16.3 Å². The number of halogens is 10. The van der Waals surface area contributed by atoms with E-state index in [1.165, 1.54) is 0 Å². The van der Waals surface area contributed by atoms with Crippen LogP contribution in [0.3, 0.4) is 0 Å². The van der Waals surface area contributed by atoms with Crippen LogP contribution in [0.2, 0.25) is 0 Å². The second-order valence-electron chi connectivity index (χ2n) is 4.14. The minimum Gasteiger partial charge on any atom is -0.743 e. The Hall–Kier alpha value is 0.846. The van der Waals surface area contributed by atoms with E-state index in [0.29, 0.717) is 0 Å². The number of alkyl halides is 10. The molecule has 0 aromatic rings. The van der Waals surface area contributed by atoms with Gasteiger partial charge in [-0.25, -0.2) is 12.8 Å². The summed E-state index contributed by atoms with van der Waals surface area (Å²) >= 11 is 0. The van der Waals surface area contributed by atoms with Gasteiger partial charge in [-0.3, -0.25) is 0 Å². The van der Waals surface area contributed by atoms with Crippen LogP contribution in [-0.4, -0.2) is 42.4 Å². The van der Waals surface area contributed by atoms with Crippen molar-refractivity contribution < 1.29 is 108 Å². The van der Waals surface area contributed by atoms with Crippen molar-refractivity contribution in [2.75, 3.05) is 0 Å². The SMILES string of the molecule is O=S(=O)([O-])C(F)(F)C(F)(F)C(F)(F)C(F)CCCC(F)(F)F.[K+]. The summed E-state index contributed by atoms with van der Waals surface area (Å²) < 4.78 is 155. The summed E-state index contributed by atoms with van der Waals surface area (Å²) in [6.45, 7) is 0. The van der Waals surface area contributed by atoms with E-state index in [1.54, 1.807) is 0 Å². The Morgan fingerprint density at radius 1 is 0.913 bits per heavy atom. The maximum absolute atomic E-state index is 13.0. The fourth-order valence-electron chi connectivity index (χ4n) is 1.21. The Labute approximate surface area is 166 Å². The molecule has 0 rings (SSSR count). The summed E-state index contributed by atoms with van der Waals surface area (Å²) in [7, 11) is -7.28. The molecule has 0 aliphatic rings. The Kier molecular flexibility index (Phi) is 9.11. The fourth-order valence-corrected chi connectivity index (χ4v) is 1.66. The van der Waals surface area contributed by atoms with E-state index < -0.39 is 58.8 Å². The van der Waals surface area contributed by atoms with E-state index in [2.05, 4.69) is 0 Å². The molecule has 0 heterocycles. The van der Waals surface area contributed by atoms with Gasteiger partial charge in [0.2, 0.25) is 0 Å². The van der Waals surface area contributed by atoms with Crippen LogP contribution in [0.15, 0.2) is 0 Å². The molecule has 0 fully saturated rings. The molecule has 3 nitrogen and oxygen atoms in total. The van der Waals surface area contributed by atoms with Crippen LogP contribution in [0.1, 0.15) is 19.3 Å². The summed E-state index contributed by atoms with van der Waals surface area (Å²) in [6.07, 6.45) is -14.4. The fraction of sp³-hybridized carbons (Fsp3) is 1.00. The molecule has 23 heavy (non-hydrogen) atoms. The Morgan fingerprint density at radius 3 is 1.61 bits per heavy atom. The normalized spacial score (nSPS) is 16.0. The molecule has 15 heteroatoms. The monoisotopic (exact) mass is 412 g/mol. The van der Waals surface area contributed by atoms with Crippen molar-refractivity contribution in [1.29, 1.82) is 0 Å². The van der Waals surface area contributed by atoms with E-state index in [-0.39, 0.29) is 51.4 Å². The maximum Gasteiger partial charge on any atom is 1.00 e. The molecular weight excluding hydrogens is 405 g/mol. The zero-order valence-corrected chi connectivity index (χ0v) is 15.1. The third-order valence-electron chi connectivity index (χ3n) is 2.41. The van der Waals surface area contributed by atoms with Crippen LogP contribution in [0.5, 0.6) is 0 Å². The number of rotatable bonds is 7. The second-order valence-corrected chi connectivity index (χ2v) is 5.56. The molecule has 0 saturated carbocycles. The first-order valence-corrected chi connectivity index (χ1v) is 6.58. The molecule has 0 aromatic carbocycles.